The summed E-state index contributed by atoms with van der Waals surface area (Å²) < 4.78 is 0. The van der Waals surface area contributed by atoms with Crippen LogP contribution in [0.1, 0.15) is 116 Å². The maximum Gasteiger partial charge on any atom is 0.198 e. The topological polar surface area (TPSA) is 17.1 Å². The first-order valence-electron chi connectivity index (χ1n) is 10.2. The van der Waals surface area contributed by atoms with Crippen molar-refractivity contribution >= 4 is 6.29 Å². The summed E-state index contributed by atoms with van der Waals surface area (Å²) in [6.45, 7) is 2.26. The standard InChI is InChI=1S/C23H37O/c1-2-3-4-5-6-7-8-9-10-11-12-13-14-15-16-17-18-19-20-21-22-23-24/h2-10,15-22H2,1H3. The van der Waals surface area contributed by atoms with Gasteiger partial charge in [0, 0.05) is 19.3 Å². The Morgan fingerprint density at radius 3 is 1.29 bits per heavy atom. The first-order valence-corrected chi connectivity index (χ1v) is 10.2. The minimum absolute atomic E-state index is 0.600. The normalized spacial score (nSPS) is 9.71. The van der Waals surface area contributed by atoms with Crippen molar-refractivity contribution in [2.24, 2.45) is 0 Å². The minimum atomic E-state index is 0.600. The van der Waals surface area contributed by atoms with Crippen molar-refractivity contribution in [2.45, 2.75) is 116 Å². The van der Waals surface area contributed by atoms with Gasteiger partial charge in [-0.25, -0.2) is 0 Å². The van der Waals surface area contributed by atoms with Gasteiger partial charge in [0.05, 0.1) is 0 Å². The summed E-state index contributed by atoms with van der Waals surface area (Å²) in [5.41, 5.74) is 0. The van der Waals surface area contributed by atoms with Gasteiger partial charge in [0.15, 0.2) is 6.29 Å². The maximum absolute atomic E-state index is 10.0. The van der Waals surface area contributed by atoms with E-state index in [2.05, 4.69) is 30.6 Å². The van der Waals surface area contributed by atoms with Gasteiger partial charge in [0.1, 0.15) is 0 Å². The van der Waals surface area contributed by atoms with Crippen molar-refractivity contribution in [1.29, 1.82) is 0 Å². The molecule has 0 aliphatic carbocycles. The number of hydrogen-bond acceptors (Lipinski definition) is 1. The lowest BCUT2D eigenvalue weighted by Crippen LogP contribution is -1.81. The molecular formula is C23H37O. The lowest BCUT2D eigenvalue weighted by molar-refractivity contribution is 0.541. The number of hydrogen-bond donors (Lipinski definition) is 0. The fourth-order valence-electron chi connectivity index (χ4n) is 2.68. The zero-order valence-electron chi connectivity index (χ0n) is 15.9. The fourth-order valence-corrected chi connectivity index (χ4v) is 2.68. The molecule has 135 valence electrons. The Balaban J connectivity index is 3.24. The smallest absolute Gasteiger partial charge is 0.198 e. The third-order valence-electron chi connectivity index (χ3n) is 4.23. The molecule has 0 bridgehead atoms. The highest BCUT2D eigenvalue weighted by molar-refractivity contribution is 5.50. The van der Waals surface area contributed by atoms with Crippen LogP contribution in [-0.2, 0) is 4.79 Å². The van der Waals surface area contributed by atoms with E-state index in [1.54, 1.807) is 0 Å². The second-order valence-electron chi connectivity index (χ2n) is 6.59. The van der Waals surface area contributed by atoms with Gasteiger partial charge < -0.3 is 0 Å². The van der Waals surface area contributed by atoms with Gasteiger partial charge in [-0.15, -0.1) is 0 Å². The SMILES string of the molecule is CCCCCCCCCCC#CC#CCCCCCCCC[C]=O. The minimum Gasteiger partial charge on any atom is -0.291 e. The molecule has 1 nitrogen and oxygen atoms in total. The van der Waals surface area contributed by atoms with E-state index in [1.165, 1.54) is 77.0 Å². The zero-order valence-corrected chi connectivity index (χ0v) is 15.9. The van der Waals surface area contributed by atoms with Crippen LogP contribution in [0.15, 0.2) is 0 Å². The number of carbonyl (C=O) groups excluding carboxylic acids is 1. The summed E-state index contributed by atoms with van der Waals surface area (Å²) in [5.74, 6) is 12.3. The molecule has 0 aromatic rings. The summed E-state index contributed by atoms with van der Waals surface area (Å²) in [4.78, 5) is 10.0. The van der Waals surface area contributed by atoms with E-state index in [1.807, 2.05) is 6.29 Å². The van der Waals surface area contributed by atoms with Gasteiger partial charge in [0.2, 0.25) is 0 Å². The molecule has 0 saturated heterocycles. The first kappa shape index (κ1) is 22.8. The highest BCUT2D eigenvalue weighted by Gasteiger charge is 1.91. The lowest BCUT2D eigenvalue weighted by atomic mass is 10.1. The molecule has 0 N–H and O–H groups in total. The summed E-state index contributed by atoms with van der Waals surface area (Å²) >= 11 is 0. The Morgan fingerprint density at radius 2 is 0.875 bits per heavy atom. The quantitative estimate of drug-likeness (QED) is 0.226. The van der Waals surface area contributed by atoms with E-state index < -0.39 is 0 Å². The van der Waals surface area contributed by atoms with Crippen LogP contribution in [0.3, 0.4) is 0 Å². The van der Waals surface area contributed by atoms with Gasteiger partial charge in [-0.3, -0.25) is 4.79 Å². The maximum atomic E-state index is 10.0. The van der Waals surface area contributed by atoms with Crippen molar-refractivity contribution < 1.29 is 4.79 Å². The molecule has 0 amide bonds. The van der Waals surface area contributed by atoms with Crippen molar-refractivity contribution in [3.05, 3.63) is 0 Å². The third-order valence-corrected chi connectivity index (χ3v) is 4.23. The molecule has 0 unspecified atom stereocenters. The van der Waals surface area contributed by atoms with Crippen LogP contribution in [0.2, 0.25) is 0 Å². The van der Waals surface area contributed by atoms with Crippen LogP contribution in [0.4, 0.5) is 0 Å². The van der Waals surface area contributed by atoms with E-state index in [9.17, 15) is 4.79 Å². The van der Waals surface area contributed by atoms with Crippen LogP contribution in [0.25, 0.3) is 0 Å². The Kier molecular flexibility index (Phi) is 20.7. The van der Waals surface area contributed by atoms with Crippen molar-refractivity contribution in [1.82, 2.24) is 0 Å². The highest BCUT2D eigenvalue weighted by Crippen LogP contribution is 2.09. The molecule has 24 heavy (non-hydrogen) atoms. The van der Waals surface area contributed by atoms with Gasteiger partial charge >= 0.3 is 0 Å². The third kappa shape index (κ3) is 20.8. The molecule has 0 saturated carbocycles. The van der Waals surface area contributed by atoms with Crippen LogP contribution in [0.5, 0.6) is 0 Å². The van der Waals surface area contributed by atoms with Crippen molar-refractivity contribution in [3.8, 4) is 23.7 Å². The number of unbranched alkanes of at least 4 members (excludes halogenated alkanes) is 15. The molecule has 0 aromatic carbocycles. The molecular weight excluding hydrogens is 292 g/mol. The molecule has 0 rings (SSSR count). The average molecular weight is 330 g/mol. The van der Waals surface area contributed by atoms with Crippen LogP contribution in [-0.4, -0.2) is 6.29 Å². The van der Waals surface area contributed by atoms with E-state index in [4.69, 9.17) is 0 Å². The molecule has 0 spiro atoms. The Bertz CT molecular complexity index is 374. The zero-order chi connectivity index (χ0) is 17.6. The van der Waals surface area contributed by atoms with Crippen LogP contribution in [0, 0.1) is 23.7 Å². The lowest BCUT2D eigenvalue weighted by Gasteiger charge is -1.98. The Labute approximate surface area is 151 Å². The summed E-state index contributed by atoms with van der Waals surface area (Å²) in [6.07, 6.45) is 22.4. The highest BCUT2D eigenvalue weighted by atomic mass is 16.1. The average Bonchev–Trinajstić information content (AvgIpc) is 2.60. The molecule has 1 heteroatoms. The Hall–Kier alpha value is -1.21. The van der Waals surface area contributed by atoms with Gasteiger partial charge in [-0.05, 0) is 31.1 Å². The number of rotatable bonds is 16. The molecule has 0 aromatic heterocycles. The van der Waals surface area contributed by atoms with Gasteiger partial charge in [-0.1, -0.05) is 89.4 Å². The summed E-state index contributed by atoms with van der Waals surface area (Å²) in [6, 6.07) is 0. The second-order valence-corrected chi connectivity index (χ2v) is 6.59. The van der Waals surface area contributed by atoms with Crippen molar-refractivity contribution in [3.63, 3.8) is 0 Å². The van der Waals surface area contributed by atoms with Crippen LogP contribution >= 0.6 is 0 Å². The molecule has 0 aliphatic rings. The predicted molar refractivity (Wildman–Crippen MR) is 105 cm³/mol. The van der Waals surface area contributed by atoms with Gasteiger partial charge in [-0.2, -0.15) is 0 Å². The van der Waals surface area contributed by atoms with E-state index >= 15 is 0 Å². The van der Waals surface area contributed by atoms with Crippen LogP contribution < -0.4 is 0 Å². The van der Waals surface area contributed by atoms with Crippen molar-refractivity contribution in [2.75, 3.05) is 0 Å². The van der Waals surface area contributed by atoms with E-state index in [-0.39, 0.29) is 0 Å². The molecule has 0 aliphatic heterocycles. The molecule has 0 atom stereocenters. The summed E-state index contributed by atoms with van der Waals surface area (Å²) in [7, 11) is 0. The van der Waals surface area contributed by atoms with E-state index in [0.717, 1.165) is 25.7 Å². The Morgan fingerprint density at radius 1 is 0.500 bits per heavy atom. The molecule has 0 fully saturated rings. The first-order chi connectivity index (χ1) is 11.9. The monoisotopic (exact) mass is 329 g/mol. The predicted octanol–water partition coefficient (Wildman–Crippen LogP) is 6.75. The van der Waals surface area contributed by atoms with Gasteiger partial charge in [0.25, 0.3) is 0 Å². The molecule has 0 heterocycles. The summed E-state index contributed by atoms with van der Waals surface area (Å²) in [5, 5.41) is 0. The fraction of sp³-hybridized carbons (Fsp3) is 0.783. The largest absolute Gasteiger partial charge is 0.291 e. The second kappa shape index (κ2) is 21.8. The molecule has 1 radical (unpaired) electrons. The van der Waals surface area contributed by atoms with E-state index in [0.29, 0.717) is 6.42 Å².